The maximum atomic E-state index is 13.4. The second-order valence-corrected chi connectivity index (χ2v) is 8.08. The number of hydrogen-bond donors (Lipinski definition) is 3. The van der Waals surface area contributed by atoms with Crippen molar-refractivity contribution in [1.82, 2.24) is 5.32 Å². The number of benzene rings is 3. The lowest BCUT2D eigenvalue weighted by molar-refractivity contribution is -0.124. The summed E-state index contributed by atoms with van der Waals surface area (Å²) < 4.78 is 5.79. The molecule has 158 valence electrons. The molecule has 1 atom stereocenters. The number of hydrogen-bond acceptors (Lipinski definition) is 3. The van der Waals surface area contributed by atoms with Crippen LogP contribution < -0.4 is 15.8 Å². The third-order valence-corrected chi connectivity index (χ3v) is 6.14. The molecule has 1 aliphatic rings. The minimum atomic E-state index is -0.783. The molecule has 1 unspecified atom stereocenters. The molecule has 3 aromatic rings. The Morgan fingerprint density at radius 1 is 1.06 bits per heavy atom. The van der Waals surface area contributed by atoms with Crippen LogP contribution in [0, 0.1) is 5.41 Å². The van der Waals surface area contributed by atoms with Crippen LogP contribution in [0.5, 0.6) is 5.75 Å². The van der Waals surface area contributed by atoms with Crippen LogP contribution in [0.1, 0.15) is 41.5 Å². The summed E-state index contributed by atoms with van der Waals surface area (Å²) in [5.41, 5.74) is 8.51. The molecule has 0 aliphatic carbocycles. The van der Waals surface area contributed by atoms with Crippen molar-refractivity contribution < 1.29 is 9.53 Å². The van der Waals surface area contributed by atoms with Crippen LogP contribution in [-0.2, 0) is 10.2 Å². The molecule has 0 fully saturated rings. The average molecular weight is 414 g/mol. The van der Waals surface area contributed by atoms with Crippen molar-refractivity contribution in [3.63, 3.8) is 0 Å². The summed E-state index contributed by atoms with van der Waals surface area (Å²) in [6, 6.07) is 25.3. The van der Waals surface area contributed by atoms with Gasteiger partial charge >= 0.3 is 0 Å². The second kappa shape index (κ2) is 8.64. The summed E-state index contributed by atoms with van der Waals surface area (Å²) in [7, 11) is 0. The first kappa shape index (κ1) is 20.7. The number of ether oxygens (including phenoxy) is 1. The molecule has 5 heteroatoms. The summed E-state index contributed by atoms with van der Waals surface area (Å²) in [6.07, 6.45) is 0.750. The van der Waals surface area contributed by atoms with E-state index in [0.717, 1.165) is 28.9 Å². The van der Waals surface area contributed by atoms with Gasteiger partial charge in [-0.25, -0.2) is 0 Å². The first-order valence-corrected chi connectivity index (χ1v) is 10.5. The maximum Gasteiger partial charge on any atom is 0.234 e. The maximum absolute atomic E-state index is 13.4. The fourth-order valence-electron chi connectivity index (χ4n) is 4.19. The van der Waals surface area contributed by atoms with E-state index in [9.17, 15) is 4.79 Å². The fourth-order valence-corrected chi connectivity index (χ4v) is 4.19. The van der Waals surface area contributed by atoms with Crippen molar-refractivity contribution in [3.05, 3.63) is 101 Å². The van der Waals surface area contributed by atoms with Gasteiger partial charge in [-0.2, -0.15) is 0 Å². The van der Waals surface area contributed by atoms with E-state index in [2.05, 4.69) is 5.32 Å². The first-order chi connectivity index (χ1) is 15.0. The van der Waals surface area contributed by atoms with Gasteiger partial charge in [0, 0.05) is 23.6 Å². The lowest BCUT2D eigenvalue weighted by Crippen LogP contribution is -2.43. The van der Waals surface area contributed by atoms with Crippen molar-refractivity contribution >= 4 is 11.7 Å². The Bertz CT molecular complexity index is 1040. The Labute approximate surface area is 182 Å². The Balaban J connectivity index is 1.49. The first-order valence-electron chi connectivity index (χ1n) is 10.5. The largest absolute Gasteiger partial charge is 0.493 e. The molecule has 3 aromatic carbocycles. The lowest BCUT2D eigenvalue weighted by Gasteiger charge is -2.30. The Morgan fingerprint density at radius 2 is 1.68 bits per heavy atom. The zero-order valence-corrected chi connectivity index (χ0v) is 17.6. The number of nitrogen functional groups attached to an aromatic ring is 1. The van der Waals surface area contributed by atoms with Crippen LogP contribution in [0.25, 0.3) is 0 Å². The normalized spacial score (nSPS) is 15.1. The van der Waals surface area contributed by atoms with Crippen LogP contribution in [-0.4, -0.2) is 24.9 Å². The topological polar surface area (TPSA) is 88.2 Å². The van der Waals surface area contributed by atoms with Crippen LogP contribution in [0.2, 0.25) is 0 Å². The van der Waals surface area contributed by atoms with E-state index in [0.29, 0.717) is 18.7 Å². The Morgan fingerprint density at radius 3 is 2.26 bits per heavy atom. The quantitative estimate of drug-likeness (QED) is 0.405. The molecule has 0 spiro atoms. The van der Waals surface area contributed by atoms with Gasteiger partial charge in [-0.05, 0) is 42.7 Å². The van der Waals surface area contributed by atoms with Gasteiger partial charge < -0.3 is 15.8 Å². The molecule has 4 N–H and O–H groups in total. The standard InChI is InChI=1S/C26H27N3O2/c1-26(20-8-4-2-5-9-20,21-10-6-3-7-11-21)25(30)29-15-14-19-17-31-23-13-12-18(24(27)28)16-22(19)23/h2-13,16,19H,14-15,17H2,1H3,(H3,27,28)(H,29,30). The SMILES string of the molecule is CC(C(=O)NCCC1COc2ccc(C(=N)N)cc21)(c1ccccc1)c1ccccc1. The van der Waals surface area contributed by atoms with Crippen LogP contribution in [0.3, 0.4) is 0 Å². The van der Waals surface area contributed by atoms with Gasteiger partial charge in [0.25, 0.3) is 0 Å². The summed E-state index contributed by atoms with van der Waals surface area (Å²) in [6.45, 7) is 3.08. The van der Waals surface area contributed by atoms with Crippen molar-refractivity contribution in [3.8, 4) is 5.75 Å². The predicted octanol–water partition coefficient (Wildman–Crippen LogP) is 3.96. The molecule has 1 amide bonds. The third-order valence-electron chi connectivity index (χ3n) is 6.14. The summed E-state index contributed by atoms with van der Waals surface area (Å²) in [5, 5.41) is 10.8. The number of amidine groups is 1. The summed E-state index contributed by atoms with van der Waals surface area (Å²) >= 11 is 0. The highest BCUT2D eigenvalue weighted by Gasteiger charge is 2.37. The van der Waals surface area contributed by atoms with Crippen LogP contribution in [0.4, 0.5) is 0 Å². The van der Waals surface area contributed by atoms with E-state index in [1.165, 1.54) is 0 Å². The molecule has 0 aromatic heterocycles. The van der Waals surface area contributed by atoms with Crippen molar-refractivity contribution in [2.24, 2.45) is 5.73 Å². The summed E-state index contributed by atoms with van der Waals surface area (Å²) in [4.78, 5) is 13.4. The number of rotatable bonds is 7. The van der Waals surface area contributed by atoms with E-state index in [4.69, 9.17) is 15.9 Å². The molecule has 4 rings (SSSR count). The molecule has 0 bridgehead atoms. The zero-order chi connectivity index (χ0) is 21.8. The molecule has 0 saturated carbocycles. The van der Waals surface area contributed by atoms with Crippen molar-refractivity contribution in [1.29, 1.82) is 5.41 Å². The van der Waals surface area contributed by atoms with Gasteiger partial charge in [-0.3, -0.25) is 10.2 Å². The van der Waals surface area contributed by atoms with Gasteiger partial charge in [0.05, 0.1) is 12.0 Å². The van der Waals surface area contributed by atoms with E-state index >= 15 is 0 Å². The zero-order valence-electron chi connectivity index (χ0n) is 17.6. The van der Waals surface area contributed by atoms with Gasteiger partial charge in [0.1, 0.15) is 11.6 Å². The van der Waals surface area contributed by atoms with Crippen molar-refractivity contribution in [2.45, 2.75) is 24.7 Å². The second-order valence-electron chi connectivity index (χ2n) is 8.08. The third kappa shape index (κ3) is 4.04. The van der Waals surface area contributed by atoms with E-state index in [1.807, 2.05) is 79.7 Å². The monoisotopic (exact) mass is 413 g/mol. The van der Waals surface area contributed by atoms with E-state index in [-0.39, 0.29) is 17.7 Å². The lowest BCUT2D eigenvalue weighted by atomic mass is 9.75. The Kier molecular flexibility index (Phi) is 5.76. The number of nitrogens with one attached hydrogen (secondary N) is 2. The fraction of sp³-hybridized carbons (Fsp3) is 0.231. The molecular weight excluding hydrogens is 386 g/mol. The number of amides is 1. The molecule has 5 nitrogen and oxygen atoms in total. The molecule has 0 saturated heterocycles. The highest BCUT2D eigenvalue weighted by atomic mass is 16.5. The number of nitrogens with two attached hydrogens (primary N) is 1. The van der Waals surface area contributed by atoms with E-state index < -0.39 is 5.41 Å². The van der Waals surface area contributed by atoms with Crippen molar-refractivity contribution in [2.75, 3.05) is 13.2 Å². The number of carbonyl (C=O) groups excluding carboxylic acids is 1. The van der Waals surface area contributed by atoms with Crippen LogP contribution >= 0.6 is 0 Å². The van der Waals surface area contributed by atoms with Gasteiger partial charge in [-0.15, -0.1) is 0 Å². The van der Waals surface area contributed by atoms with Gasteiger partial charge in [-0.1, -0.05) is 60.7 Å². The highest BCUT2D eigenvalue weighted by molar-refractivity contribution is 5.95. The predicted molar refractivity (Wildman–Crippen MR) is 123 cm³/mol. The molecule has 1 heterocycles. The van der Waals surface area contributed by atoms with Gasteiger partial charge in [0.2, 0.25) is 5.91 Å². The minimum Gasteiger partial charge on any atom is -0.493 e. The molecular formula is C26H27N3O2. The highest BCUT2D eigenvalue weighted by Crippen LogP contribution is 2.37. The average Bonchev–Trinajstić information content (AvgIpc) is 3.21. The molecule has 31 heavy (non-hydrogen) atoms. The summed E-state index contributed by atoms with van der Waals surface area (Å²) in [5.74, 6) is 1.01. The Hall–Kier alpha value is -3.60. The molecule has 0 radical (unpaired) electrons. The molecule has 1 aliphatic heterocycles. The van der Waals surface area contributed by atoms with Crippen LogP contribution in [0.15, 0.2) is 78.9 Å². The van der Waals surface area contributed by atoms with E-state index in [1.54, 1.807) is 6.07 Å². The minimum absolute atomic E-state index is 0.0264. The van der Waals surface area contributed by atoms with Gasteiger partial charge in [0.15, 0.2) is 0 Å². The number of fused-ring (bicyclic) bond motifs is 1. The number of carbonyl (C=O) groups is 1. The smallest absolute Gasteiger partial charge is 0.234 e.